The third-order valence-corrected chi connectivity index (χ3v) is 7.20. The molecule has 6 rings (SSSR count). The highest BCUT2D eigenvalue weighted by Crippen LogP contribution is 2.21. The predicted octanol–water partition coefficient (Wildman–Crippen LogP) is 6.81. The van der Waals surface area contributed by atoms with Crippen LogP contribution in [0.4, 0.5) is 0 Å². The van der Waals surface area contributed by atoms with Crippen LogP contribution < -0.4 is 4.74 Å². The summed E-state index contributed by atoms with van der Waals surface area (Å²) in [6.07, 6.45) is 0.695. The molecule has 1 atom stereocenters. The van der Waals surface area contributed by atoms with Gasteiger partial charge < -0.3 is 18.8 Å². The van der Waals surface area contributed by atoms with Gasteiger partial charge in [0.25, 0.3) is 0 Å². The smallest absolute Gasteiger partial charge is 0.338 e. The molecule has 0 spiro atoms. The second-order valence-corrected chi connectivity index (χ2v) is 10.7. The Morgan fingerprint density at radius 3 is 2.32 bits per heavy atom. The Balaban J connectivity index is 1.04. The van der Waals surface area contributed by atoms with E-state index in [-0.39, 0.29) is 25.3 Å². The van der Waals surface area contributed by atoms with E-state index >= 15 is 0 Å². The molecule has 0 radical (unpaired) electrons. The van der Waals surface area contributed by atoms with Gasteiger partial charge in [0.05, 0.1) is 17.0 Å². The van der Waals surface area contributed by atoms with Gasteiger partial charge in [-0.15, -0.1) is 0 Å². The summed E-state index contributed by atoms with van der Waals surface area (Å²) in [5.74, 6) is 0.901. The van der Waals surface area contributed by atoms with Crippen molar-refractivity contribution in [2.75, 3.05) is 6.54 Å². The molecule has 8 heteroatoms. The van der Waals surface area contributed by atoms with Crippen molar-refractivity contribution in [3.63, 3.8) is 0 Å². The Labute approximate surface area is 256 Å². The summed E-state index contributed by atoms with van der Waals surface area (Å²) in [6.45, 7) is 2.38. The number of ether oxygens (including phenoxy) is 2. The van der Waals surface area contributed by atoms with E-state index in [4.69, 9.17) is 18.8 Å². The Hall–Kier alpha value is -5.21. The van der Waals surface area contributed by atoms with Crippen molar-refractivity contribution in [3.8, 4) is 5.75 Å². The lowest BCUT2D eigenvalue weighted by Crippen LogP contribution is -2.32. The summed E-state index contributed by atoms with van der Waals surface area (Å²) in [5.41, 5.74) is 5.41. The molecule has 1 unspecified atom stereocenters. The maximum absolute atomic E-state index is 12.3. The van der Waals surface area contributed by atoms with Crippen LogP contribution in [0.3, 0.4) is 0 Å². The number of nitrogens with zero attached hydrogens (tertiary/aromatic N) is 3. The molecule has 222 valence electrons. The maximum Gasteiger partial charge on any atom is 0.338 e. The first-order valence-corrected chi connectivity index (χ1v) is 14.6. The van der Waals surface area contributed by atoms with Crippen LogP contribution in [-0.2, 0) is 35.9 Å². The van der Waals surface area contributed by atoms with Crippen molar-refractivity contribution >= 4 is 11.7 Å². The molecule has 0 saturated carbocycles. The third-order valence-electron chi connectivity index (χ3n) is 7.20. The van der Waals surface area contributed by atoms with E-state index in [2.05, 4.69) is 39.5 Å². The fourth-order valence-corrected chi connectivity index (χ4v) is 5.06. The standard InChI is InChI=1S/C36H33N3O5/c40-36(30-16-8-3-9-17-30)42-25-28-13-10-18-32(19-28)41-26-34-20-31(37-44-34)23-39(22-27-11-4-1-5-12-27)24-33-21-35(38-43-33)29-14-6-2-7-15-29/h1-20,33H,21-26H2. The molecule has 0 saturated heterocycles. The Kier molecular flexibility index (Phi) is 9.39. The zero-order valence-electron chi connectivity index (χ0n) is 24.2. The molecule has 1 aromatic heterocycles. The van der Waals surface area contributed by atoms with Crippen LogP contribution in [-0.4, -0.2) is 34.4 Å². The number of carbonyl (C=O) groups is 1. The van der Waals surface area contributed by atoms with E-state index in [0.29, 0.717) is 30.2 Å². The number of rotatable bonds is 13. The SMILES string of the molecule is O=C(OCc1cccc(OCc2cc(CN(Cc3ccccc3)CC3CC(c4ccccc4)=NO3)no2)c1)c1ccccc1. The van der Waals surface area contributed by atoms with Gasteiger partial charge in [-0.05, 0) is 41.0 Å². The topological polar surface area (TPSA) is 86.4 Å². The molecule has 5 aromatic rings. The Bertz CT molecular complexity index is 1670. The second-order valence-electron chi connectivity index (χ2n) is 10.7. The molecule has 0 aliphatic carbocycles. The highest BCUT2D eigenvalue weighted by molar-refractivity contribution is 6.01. The van der Waals surface area contributed by atoms with Crippen LogP contribution in [0.5, 0.6) is 5.75 Å². The first kappa shape index (κ1) is 28.9. The number of hydrogen-bond donors (Lipinski definition) is 0. The molecular formula is C36H33N3O5. The van der Waals surface area contributed by atoms with Gasteiger partial charge in [-0.3, -0.25) is 4.90 Å². The summed E-state index contributed by atoms with van der Waals surface area (Å²) in [6, 6.07) is 38.8. The average molecular weight is 588 g/mol. The van der Waals surface area contributed by atoms with Crippen molar-refractivity contribution in [2.24, 2.45) is 5.16 Å². The molecule has 1 aliphatic heterocycles. The van der Waals surface area contributed by atoms with Crippen LogP contribution in [0.2, 0.25) is 0 Å². The second kappa shape index (κ2) is 14.3. The summed E-state index contributed by atoms with van der Waals surface area (Å²) >= 11 is 0. The third kappa shape index (κ3) is 7.99. The van der Waals surface area contributed by atoms with Crippen LogP contribution >= 0.6 is 0 Å². The highest BCUT2D eigenvalue weighted by atomic mass is 16.6. The van der Waals surface area contributed by atoms with E-state index in [1.165, 1.54) is 5.56 Å². The lowest BCUT2D eigenvalue weighted by molar-refractivity contribution is 0.0469. The lowest BCUT2D eigenvalue weighted by Gasteiger charge is -2.23. The quantitative estimate of drug-likeness (QED) is 0.140. The number of benzene rings is 4. The molecule has 2 heterocycles. The lowest BCUT2D eigenvalue weighted by atomic mass is 10.0. The van der Waals surface area contributed by atoms with E-state index < -0.39 is 0 Å². The molecule has 0 fully saturated rings. The number of esters is 1. The van der Waals surface area contributed by atoms with Crippen LogP contribution in [0.25, 0.3) is 0 Å². The summed E-state index contributed by atoms with van der Waals surface area (Å²) in [4.78, 5) is 20.4. The van der Waals surface area contributed by atoms with Crippen molar-refractivity contribution in [3.05, 3.63) is 155 Å². The minimum atomic E-state index is -0.365. The van der Waals surface area contributed by atoms with E-state index in [1.807, 2.05) is 72.8 Å². The fourth-order valence-electron chi connectivity index (χ4n) is 5.06. The molecule has 0 amide bonds. The first-order chi connectivity index (χ1) is 21.7. The average Bonchev–Trinajstić information content (AvgIpc) is 3.74. The van der Waals surface area contributed by atoms with E-state index in [1.54, 1.807) is 24.3 Å². The highest BCUT2D eigenvalue weighted by Gasteiger charge is 2.25. The van der Waals surface area contributed by atoms with Crippen LogP contribution in [0.1, 0.15) is 44.9 Å². The van der Waals surface area contributed by atoms with Gasteiger partial charge in [-0.25, -0.2) is 4.79 Å². The molecule has 1 aliphatic rings. The van der Waals surface area contributed by atoms with Crippen LogP contribution in [0.15, 0.2) is 131 Å². The molecule has 0 bridgehead atoms. The molecular weight excluding hydrogens is 554 g/mol. The zero-order valence-corrected chi connectivity index (χ0v) is 24.2. The summed E-state index contributed by atoms with van der Waals surface area (Å²) < 4.78 is 17.0. The van der Waals surface area contributed by atoms with Crippen molar-refractivity contribution in [1.82, 2.24) is 10.1 Å². The van der Waals surface area contributed by atoms with Crippen molar-refractivity contribution in [1.29, 1.82) is 0 Å². The van der Waals surface area contributed by atoms with Gasteiger partial charge in [-0.2, -0.15) is 0 Å². The maximum atomic E-state index is 12.3. The van der Waals surface area contributed by atoms with Crippen LogP contribution in [0, 0.1) is 0 Å². The zero-order chi connectivity index (χ0) is 30.0. The van der Waals surface area contributed by atoms with E-state index in [9.17, 15) is 4.79 Å². The van der Waals surface area contributed by atoms with Gasteiger partial charge in [0, 0.05) is 32.1 Å². The minimum absolute atomic E-state index is 0.0529. The normalized spacial score (nSPS) is 14.2. The van der Waals surface area contributed by atoms with Gasteiger partial charge >= 0.3 is 5.97 Å². The summed E-state index contributed by atoms with van der Waals surface area (Å²) in [5, 5.41) is 8.69. The molecule has 44 heavy (non-hydrogen) atoms. The number of aromatic nitrogens is 1. The van der Waals surface area contributed by atoms with Crippen molar-refractivity contribution < 1.29 is 23.6 Å². The predicted molar refractivity (Wildman–Crippen MR) is 166 cm³/mol. The van der Waals surface area contributed by atoms with Gasteiger partial charge in [-0.1, -0.05) is 101 Å². The fraction of sp³-hybridized carbons (Fsp3) is 0.194. The molecule has 8 nitrogen and oxygen atoms in total. The first-order valence-electron chi connectivity index (χ1n) is 14.6. The van der Waals surface area contributed by atoms with Gasteiger partial charge in [0.1, 0.15) is 25.1 Å². The number of hydrogen-bond acceptors (Lipinski definition) is 8. The number of oxime groups is 1. The largest absolute Gasteiger partial charge is 0.486 e. The monoisotopic (exact) mass is 587 g/mol. The number of carbonyl (C=O) groups excluding carboxylic acids is 1. The van der Waals surface area contributed by atoms with Gasteiger partial charge in [0.15, 0.2) is 5.76 Å². The van der Waals surface area contributed by atoms with Gasteiger partial charge in [0.2, 0.25) is 0 Å². The molecule has 0 N–H and O–H groups in total. The Morgan fingerprint density at radius 2 is 1.52 bits per heavy atom. The Morgan fingerprint density at radius 1 is 0.795 bits per heavy atom. The van der Waals surface area contributed by atoms with Crippen molar-refractivity contribution in [2.45, 2.75) is 38.8 Å². The van der Waals surface area contributed by atoms with E-state index in [0.717, 1.165) is 35.5 Å². The molecule has 4 aromatic carbocycles. The minimum Gasteiger partial charge on any atom is -0.486 e. The summed E-state index contributed by atoms with van der Waals surface area (Å²) in [7, 11) is 0.